The van der Waals surface area contributed by atoms with Crippen molar-refractivity contribution in [3.63, 3.8) is 0 Å². The fraction of sp³-hybridized carbons (Fsp3) is 0.476. The predicted octanol–water partition coefficient (Wildman–Crippen LogP) is -0.695. The van der Waals surface area contributed by atoms with Gasteiger partial charge in [-0.05, 0) is 31.0 Å². The number of benzene rings is 1. The summed E-state index contributed by atoms with van der Waals surface area (Å²) in [4.78, 5) is 64.3. The number of amides is 4. The van der Waals surface area contributed by atoms with Gasteiger partial charge in [-0.25, -0.2) is 5.01 Å². The number of hydrogen-bond donors (Lipinski definition) is 3. The highest BCUT2D eigenvalue weighted by molar-refractivity contribution is 6.21. The first-order valence-electron chi connectivity index (χ1n) is 10.3. The Labute approximate surface area is 184 Å². The number of carbonyl (C=O) groups is 5. The Morgan fingerprint density at radius 3 is 2.28 bits per heavy atom. The second-order valence-electron chi connectivity index (χ2n) is 7.93. The van der Waals surface area contributed by atoms with Crippen molar-refractivity contribution in [2.24, 2.45) is 17.6 Å². The topological polar surface area (TPSA) is 162 Å². The van der Waals surface area contributed by atoms with Crippen molar-refractivity contribution in [1.29, 1.82) is 0 Å². The van der Waals surface area contributed by atoms with Crippen LogP contribution in [0.25, 0.3) is 0 Å². The minimum Gasteiger partial charge on any atom is -0.480 e. The van der Waals surface area contributed by atoms with Gasteiger partial charge in [-0.1, -0.05) is 19.1 Å². The van der Waals surface area contributed by atoms with Crippen molar-refractivity contribution in [1.82, 2.24) is 14.9 Å². The summed E-state index contributed by atoms with van der Waals surface area (Å²) in [6.45, 7) is 0.677. The Hall–Kier alpha value is -3.15. The standard InChI is InChI=1S/C21H26N4O7/c1-12(10-22)17(21(31)32)24(11-13-6-7-16(27)23(8-9-26)18(13)28)25-19(29)14-4-2-3-5-15(14)20(25)30/h2-5,12-13,17,26H,6-11,22H2,1H3,(H,31,32)/t12?,13?,17-/m0/s1. The number of hydrogen-bond acceptors (Lipinski definition) is 8. The molecular formula is C21H26N4O7. The molecule has 0 spiro atoms. The second-order valence-corrected chi connectivity index (χ2v) is 7.93. The first kappa shape index (κ1) is 23.5. The van der Waals surface area contributed by atoms with E-state index in [1.54, 1.807) is 19.1 Å². The lowest BCUT2D eigenvalue weighted by atomic mass is 9.94. The average Bonchev–Trinajstić information content (AvgIpc) is 3.02. The Balaban J connectivity index is 2.00. The van der Waals surface area contributed by atoms with Crippen LogP contribution < -0.4 is 5.73 Å². The molecule has 11 nitrogen and oxygen atoms in total. The highest BCUT2D eigenvalue weighted by Gasteiger charge is 2.47. The number of rotatable bonds is 9. The lowest BCUT2D eigenvalue weighted by Crippen LogP contribution is -2.60. The number of carbonyl (C=O) groups excluding carboxylic acids is 4. The number of piperidine rings is 1. The molecule has 3 atom stereocenters. The normalized spacial score (nSPS) is 20.7. The summed E-state index contributed by atoms with van der Waals surface area (Å²) >= 11 is 0. The van der Waals surface area contributed by atoms with E-state index < -0.39 is 54.1 Å². The molecule has 1 fully saturated rings. The molecule has 1 aromatic carbocycles. The molecule has 32 heavy (non-hydrogen) atoms. The molecule has 11 heteroatoms. The summed E-state index contributed by atoms with van der Waals surface area (Å²) in [5.74, 6) is -5.20. The zero-order chi connectivity index (χ0) is 23.6. The van der Waals surface area contributed by atoms with E-state index in [1.807, 2.05) is 0 Å². The molecular weight excluding hydrogens is 420 g/mol. The van der Waals surface area contributed by atoms with E-state index >= 15 is 0 Å². The zero-order valence-corrected chi connectivity index (χ0v) is 17.6. The summed E-state index contributed by atoms with van der Waals surface area (Å²) in [6, 6.07) is 4.78. The van der Waals surface area contributed by atoms with E-state index in [2.05, 4.69) is 0 Å². The van der Waals surface area contributed by atoms with Crippen LogP contribution in [0.4, 0.5) is 0 Å². The van der Waals surface area contributed by atoms with Crippen LogP contribution in [0.3, 0.4) is 0 Å². The van der Waals surface area contributed by atoms with Crippen molar-refractivity contribution in [2.45, 2.75) is 25.8 Å². The van der Waals surface area contributed by atoms with Crippen LogP contribution >= 0.6 is 0 Å². The highest BCUT2D eigenvalue weighted by atomic mass is 16.4. The van der Waals surface area contributed by atoms with Gasteiger partial charge in [0.05, 0.1) is 30.2 Å². The van der Waals surface area contributed by atoms with Crippen molar-refractivity contribution < 1.29 is 34.2 Å². The maximum atomic E-state index is 13.1. The van der Waals surface area contributed by atoms with Gasteiger partial charge in [-0.3, -0.25) is 28.9 Å². The number of imide groups is 2. The maximum absolute atomic E-state index is 13.1. The third kappa shape index (κ3) is 4.14. The van der Waals surface area contributed by atoms with Crippen molar-refractivity contribution in [3.05, 3.63) is 35.4 Å². The molecule has 2 aliphatic rings. The quantitative estimate of drug-likeness (QED) is 0.417. The van der Waals surface area contributed by atoms with Gasteiger partial charge in [0.2, 0.25) is 11.8 Å². The Kier molecular flexibility index (Phi) is 7.02. The predicted molar refractivity (Wildman–Crippen MR) is 110 cm³/mol. The van der Waals surface area contributed by atoms with Gasteiger partial charge < -0.3 is 15.9 Å². The number of β-amino-alcohol motifs (C(OH)–C–C–N with tert-alkyl or cyclic N) is 1. The molecule has 0 saturated carbocycles. The lowest BCUT2D eigenvalue weighted by Gasteiger charge is -2.40. The number of likely N-dealkylation sites (tertiary alicyclic amines) is 1. The smallest absolute Gasteiger partial charge is 0.323 e. The number of nitrogens with two attached hydrogens (primary N) is 1. The third-order valence-corrected chi connectivity index (χ3v) is 5.87. The van der Waals surface area contributed by atoms with E-state index in [9.17, 15) is 34.2 Å². The first-order chi connectivity index (χ1) is 15.2. The second kappa shape index (κ2) is 9.55. The summed E-state index contributed by atoms with van der Waals surface area (Å²) in [7, 11) is 0. The monoisotopic (exact) mass is 446 g/mol. The highest BCUT2D eigenvalue weighted by Crippen LogP contribution is 2.30. The fourth-order valence-electron chi connectivity index (χ4n) is 4.15. The van der Waals surface area contributed by atoms with Gasteiger partial charge in [0.1, 0.15) is 6.04 Å². The van der Waals surface area contributed by atoms with Gasteiger partial charge >= 0.3 is 5.97 Å². The number of aliphatic hydroxyl groups excluding tert-OH is 1. The molecule has 172 valence electrons. The molecule has 3 rings (SSSR count). The Morgan fingerprint density at radius 2 is 1.78 bits per heavy atom. The summed E-state index contributed by atoms with van der Waals surface area (Å²) in [5, 5.41) is 21.0. The lowest BCUT2D eigenvalue weighted by molar-refractivity contribution is -0.160. The van der Waals surface area contributed by atoms with Crippen LogP contribution in [-0.4, -0.2) is 87.0 Å². The van der Waals surface area contributed by atoms with Gasteiger partial charge in [0.25, 0.3) is 11.8 Å². The van der Waals surface area contributed by atoms with E-state index in [4.69, 9.17) is 5.73 Å². The number of hydrazine groups is 1. The average molecular weight is 446 g/mol. The first-order valence-corrected chi connectivity index (χ1v) is 10.3. The van der Waals surface area contributed by atoms with E-state index in [1.165, 1.54) is 12.1 Å². The van der Waals surface area contributed by atoms with Crippen LogP contribution in [0.15, 0.2) is 24.3 Å². The molecule has 4 N–H and O–H groups in total. The summed E-state index contributed by atoms with van der Waals surface area (Å²) in [5.41, 5.74) is 5.99. The van der Waals surface area contributed by atoms with Crippen LogP contribution in [0, 0.1) is 11.8 Å². The van der Waals surface area contributed by atoms with Gasteiger partial charge in [-0.2, -0.15) is 5.01 Å². The molecule has 0 radical (unpaired) electrons. The SMILES string of the molecule is CC(CN)[C@@H](C(=O)O)N(CC1CCC(=O)N(CCO)C1=O)N1C(=O)c2ccccc2C1=O. The van der Waals surface area contributed by atoms with Crippen LogP contribution in [0.5, 0.6) is 0 Å². The van der Waals surface area contributed by atoms with Crippen LogP contribution in [-0.2, 0) is 14.4 Å². The van der Waals surface area contributed by atoms with Crippen molar-refractivity contribution >= 4 is 29.6 Å². The minimum absolute atomic E-state index is 0.0244. The van der Waals surface area contributed by atoms with Crippen LogP contribution in [0.2, 0.25) is 0 Å². The number of aliphatic carboxylic acids is 1. The van der Waals surface area contributed by atoms with Gasteiger partial charge in [0, 0.05) is 13.0 Å². The molecule has 1 saturated heterocycles. The maximum Gasteiger partial charge on any atom is 0.323 e. The molecule has 1 aromatic rings. The summed E-state index contributed by atoms with van der Waals surface area (Å²) < 4.78 is 0. The van der Waals surface area contributed by atoms with Gasteiger partial charge in [0.15, 0.2) is 0 Å². The minimum atomic E-state index is -1.36. The summed E-state index contributed by atoms with van der Waals surface area (Å²) in [6.07, 6.45) is 0.152. The largest absolute Gasteiger partial charge is 0.480 e. The zero-order valence-electron chi connectivity index (χ0n) is 17.6. The Bertz CT molecular complexity index is 915. The molecule has 2 aliphatic heterocycles. The molecule has 4 amide bonds. The molecule has 0 aliphatic carbocycles. The van der Waals surface area contributed by atoms with Crippen LogP contribution in [0.1, 0.15) is 40.5 Å². The number of fused-ring (bicyclic) bond motifs is 1. The molecule has 2 heterocycles. The molecule has 0 aromatic heterocycles. The van der Waals surface area contributed by atoms with E-state index in [0.717, 1.165) is 14.9 Å². The van der Waals surface area contributed by atoms with E-state index in [0.29, 0.717) is 0 Å². The van der Waals surface area contributed by atoms with E-state index in [-0.39, 0.29) is 43.6 Å². The third-order valence-electron chi connectivity index (χ3n) is 5.87. The number of aliphatic hydroxyl groups is 1. The number of carboxylic acid groups (broad SMARTS) is 1. The molecule has 0 bridgehead atoms. The number of carboxylic acids is 1. The van der Waals surface area contributed by atoms with Crippen molar-refractivity contribution in [2.75, 3.05) is 26.2 Å². The fourth-order valence-corrected chi connectivity index (χ4v) is 4.15. The number of nitrogens with zero attached hydrogens (tertiary/aromatic N) is 3. The van der Waals surface area contributed by atoms with Gasteiger partial charge in [-0.15, -0.1) is 0 Å². The van der Waals surface area contributed by atoms with Crippen molar-refractivity contribution in [3.8, 4) is 0 Å². The Morgan fingerprint density at radius 1 is 1.19 bits per heavy atom. The molecule has 2 unspecified atom stereocenters.